The maximum absolute atomic E-state index is 4.85. The van der Waals surface area contributed by atoms with Crippen molar-refractivity contribution in [2.24, 2.45) is 5.92 Å². The Bertz CT molecular complexity index is 422. The topological polar surface area (TPSA) is 28.2 Å². The maximum atomic E-state index is 4.85. The Balaban J connectivity index is 1.68. The summed E-state index contributed by atoms with van der Waals surface area (Å²) < 4.78 is 0. The van der Waals surface area contributed by atoms with Crippen LogP contribution in [0.25, 0.3) is 0 Å². The number of aromatic nitrogens is 1. The van der Waals surface area contributed by atoms with Crippen molar-refractivity contribution in [3.8, 4) is 0 Å². The highest BCUT2D eigenvalue weighted by atomic mass is 15.2. The van der Waals surface area contributed by atoms with Gasteiger partial charge in [-0.1, -0.05) is 19.9 Å². The fourth-order valence-corrected chi connectivity index (χ4v) is 2.43. The van der Waals surface area contributed by atoms with Crippen LogP contribution in [0.15, 0.2) is 18.2 Å². The van der Waals surface area contributed by atoms with Gasteiger partial charge in [-0.2, -0.15) is 0 Å². The van der Waals surface area contributed by atoms with Gasteiger partial charge < -0.3 is 10.2 Å². The molecule has 0 unspecified atom stereocenters. The Morgan fingerprint density at radius 1 is 1.26 bits per heavy atom. The summed E-state index contributed by atoms with van der Waals surface area (Å²) in [5, 5.41) is 3.44. The van der Waals surface area contributed by atoms with Crippen molar-refractivity contribution in [1.82, 2.24) is 10.3 Å². The monoisotopic (exact) mass is 259 g/mol. The van der Waals surface area contributed by atoms with Crippen molar-refractivity contribution in [2.75, 3.05) is 11.4 Å². The van der Waals surface area contributed by atoms with Crippen LogP contribution in [0.3, 0.4) is 0 Å². The molecule has 0 aliphatic heterocycles. The molecule has 0 bridgehead atoms. The van der Waals surface area contributed by atoms with Crippen molar-refractivity contribution in [3.63, 3.8) is 0 Å². The summed E-state index contributed by atoms with van der Waals surface area (Å²) in [6.07, 6.45) is 5.53. The summed E-state index contributed by atoms with van der Waals surface area (Å²) in [7, 11) is 0. The predicted octanol–water partition coefficient (Wildman–Crippen LogP) is 2.96. The number of nitrogens with zero attached hydrogens (tertiary/aromatic N) is 2. The first-order valence-electron chi connectivity index (χ1n) is 7.68. The molecule has 3 heteroatoms. The Morgan fingerprint density at radius 2 is 2.05 bits per heavy atom. The molecule has 3 rings (SSSR count). The average Bonchev–Trinajstić information content (AvgIpc) is 3.26. The fourth-order valence-electron chi connectivity index (χ4n) is 2.43. The van der Waals surface area contributed by atoms with Gasteiger partial charge in [-0.25, -0.2) is 4.98 Å². The van der Waals surface area contributed by atoms with Gasteiger partial charge in [0.2, 0.25) is 0 Å². The second-order valence-electron chi connectivity index (χ2n) is 6.35. The van der Waals surface area contributed by atoms with Crippen LogP contribution >= 0.6 is 0 Å². The van der Waals surface area contributed by atoms with Gasteiger partial charge >= 0.3 is 0 Å². The number of pyridine rings is 1. The van der Waals surface area contributed by atoms with E-state index < -0.39 is 0 Å². The molecule has 0 aromatic carbocycles. The fraction of sp³-hybridized carbons (Fsp3) is 0.688. The quantitative estimate of drug-likeness (QED) is 0.816. The molecular formula is C16H25N3. The first-order valence-corrected chi connectivity index (χ1v) is 7.68. The zero-order chi connectivity index (χ0) is 13.2. The van der Waals surface area contributed by atoms with Gasteiger partial charge in [0, 0.05) is 25.2 Å². The molecule has 0 spiro atoms. The van der Waals surface area contributed by atoms with E-state index in [2.05, 4.69) is 42.3 Å². The molecule has 2 aliphatic rings. The SMILES string of the molecule is CC(C)NCc1cccc(N(CC2CC2)C2CC2)n1. The van der Waals surface area contributed by atoms with Crippen LogP contribution < -0.4 is 10.2 Å². The normalized spacial score (nSPS) is 18.9. The van der Waals surface area contributed by atoms with Gasteiger partial charge in [0.05, 0.1) is 5.69 Å². The molecule has 1 heterocycles. The summed E-state index contributed by atoms with van der Waals surface area (Å²) in [4.78, 5) is 7.40. The summed E-state index contributed by atoms with van der Waals surface area (Å²) in [5.41, 5.74) is 1.16. The highest BCUT2D eigenvalue weighted by Crippen LogP contribution is 2.36. The van der Waals surface area contributed by atoms with Gasteiger partial charge in [-0.05, 0) is 43.7 Å². The summed E-state index contributed by atoms with van der Waals surface area (Å²) >= 11 is 0. The van der Waals surface area contributed by atoms with E-state index in [-0.39, 0.29) is 0 Å². The third-order valence-corrected chi connectivity index (χ3v) is 3.92. The maximum Gasteiger partial charge on any atom is 0.129 e. The van der Waals surface area contributed by atoms with Crippen LogP contribution in [0.2, 0.25) is 0 Å². The van der Waals surface area contributed by atoms with Gasteiger partial charge in [-0.3, -0.25) is 0 Å². The van der Waals surface area contributed by atoms with E-state index in [0.29, 0.717) is 6.04 Å². The minimum absolute atomic E-state index is 0.511. The van der Waals surface area contributed by atoms with Crippen LogP contribution in [-0.2, 0) is 6.54 Å². The van der Waals surface area contributed by atoms with E-state index in [4.69, 9.17) is 4.98 Å². The molecule has 1 aromatic heterocycles. The number of rotatable bonds is 7. The minimum Gasteiger partial charge on any atom is -0.353 e. The molecule has 0 amide bonds. The lowest BCUT2D eigenvalue weighted by atomic mass is 10.3. The first-order chi connectivity index (χ1) is 9.22. The first kappa shape index (κ1) is 12.9. The van der Waals surface area contributed by atoms with Crippen molar-refractivity contribution in [1.29, 1.82) is 0 Å². The smallest absolute Gasteiger partial charge is 0.129 e. The number of hydrogen-bond donors (Lipinski definition) is 1. The van der Waals surface area contributed by atoms with Crippen molar-refractivity contribution in [3.05, 3.63) is 23.9 Å². The van der Waals surface area contributed by atoms with Gasteiger partial charge in [0.25, 0.3) is 0 Å². The molecule has 0 radical (unpaired) electrons. The summed E-state index contributed by atoms with van der Waals surface area (Å²) in [5.74, 6) is 2.12. The van der Waals surface area contributed by atoms with E-state index in [9.17, 15) is 0 Å². The molecule has 104 valence electrons. The summed E-state index contributed by atoms with van der Waals surface area (Å²) in [6.45, 7) is 6.44. The van der Waals surface area contributed by atoms with E-state index in [1.54, 1.807) is 0 Å². The third kappa shape index (κ3) is 3.69. The Hall–Kier alpha value is -1.09. The molecular weight excluding hydrogens is 234 g/mol. The van der Waals surface area contributed by atoms with Crippen molar-refractivity contribution in [2.45, 2.75) is 58.2 Å². The summed E-state index contributed by atoms with van der Waals surface area (Å²) in [6, 6.07) is 7.74. The number of anilines is 1. The Kier molecular flexibility index (Phi) is 3.74. The second kappa shape index (κ2) is 5.49. The van der Waals surface area contributed by atoms with Crippen LogP contribution in [-0.4, -0.2) is 23.6 Å². The van der Waals surface area contributed by atoms with E-state index in [1.807, 2.05) is 0 Å². The molecule has 2 fully saturated rings. The van der Waals surface area contributed by atoms with Gasteiger partial charge in [0.1, 0.15) is 5.82 Å². The highest BCUT2D eigenvalue weighted by molar-refractivity contribution is 5.42. The predicted molar refractivity (Wildman–Crippen MR) is 79.3 cm³/mol. The molecule has 1 aromatic rings. The number of hydrogen-bond acceptors (Lipinski definition) is 3. The lowest BCUT2D eigenvalue weighted by molar-refractivity contribution is 0.580. The van der Waals surface area contributed by atoms with Crippen LogP contribution in [0.4, 0.5) is 5.82 Å². The van der Waals surface area contributed by atoms with Crippen LogP contribution in [0.1, 0.15) is 45.2 Å². The minimum atomic E-state index is 0.511. The zero-order valence-corrected chi connectivity index (χ0v) is 12.1. The van der Waals surface area contributed by atoms with E-state index >= 15 is 0 Å². The van der Waals surface area contributed by atoms with Crippen LogP contribution in [0.5, 0.6) is 0 Å². The second-order valence-corrected chi connectivity index (χ2v) is 6.35. The molecule has 1 N–H and O–H groups in total. The number of nitrogens with one attached hydrogen (secondary N) is 1. The molecule has 0 saturated heterocycles. The average molecular weight is 259 g/mol. The standard InChI is InChI=1S/C16H25N3/c1-12(2)17-10-14-4-3-5-16(18-14)19(15-8-9-15)11-13-6-7-13/h3-5,12-13,15,17H,6-11H2,1-2H3. The van der Waals surface area contributed by atoms with Gasteiger partial charge in [-0.15, -0.1) is 0 Å². The van der Waals surface area contributed by atoms with Crippen molar-refractivity contribution < 1.29 is 0 Å². The Labute approximate surface area is 116 Å². The molecule has 2 aliphatic carbocycles. The highest BCUT2D eigenvalue weighted by Gasteiger charge is 2.34. The lowest BCUT2D eigenvalue weighted by Crippen LogP contribution is -2.29. The molecule has 3 nitrogen and oxygen atoms in total. The molecule has 2 saturated carbocycles. The van der Waals surface area contributed by atoms with Gasteiger partial charge in [0.15, 0.2) is 0 Å². The van der Waals surface area contributed by atoms with E-state index in [1.165, 1.54) is 38.0 Å². The van der Waals surface area contributed by atoms with Crippen LogP contribution in [0, 0.1) is 5.92 Å². The van der Waals surface area contributed by atoms with E-state index in [0.717, 1.165) is 24.2 Å². The Morgan fingerprint density at radius 3 is 2.68 bits per heavy atom. The van der Waals surface area contributed by atoms with Crippen molar-refractivity contribution >= 4 is 5.82 Å². The third-order valence-electron chi connectivity index (χ3n) is 3.92. The molecule has 0 atom stereocenters. The molecule has 19 heavy (non-hydrogen) atoms. The zero-order valence-electron chi connectivity index (χ0n) is 12.1. The lowest BCUT2D eigenvalue weighted by Gasteiger charge is -2.24. The largest absolute Gasteiger partial charge is 0.353 e.